The Kier molecular flexibility index (Phi) is 4.87. The number of hydrogen-bond donors (Lipinski definition) is 1. The van der Waals surface area contributed by atoms with Crippen molar-refractivity contribution >= 4 is 37.5 Å². The lowest BCUT2D eigenvalue weighted by Crippen LogP contribution is -2.21. The van der Waals surface area contributed by atoms with E-state index in [4.69, 9.17) is 0 Å². The van der Waals surface area contributed by atoms with Gasteiger partial charge in [0.15, 0.2) is 0 Å². The normalized spacial score (nSPS) is 11.0. The summed E-state index contributed by atoms with van der Waals surface area (Å²) < 4.78 is 27.6. The molecule has 1 amide bonds. The van der Waals surface area contributed by atoms with Gasteiger partial charge in [0.05, 0.1) is 0 Å². The van der Waals surface area contributed by atoms with Crippen molar-refractivity contribution in [1.29, 1.82) is 0 Å². The minimum Gasteiger partial charge on any atom is -0.345 e. The zero-order chi connectivity index (χ0) is 16.3. The maximum atomic E-state index is 12.3. The predicted molar refractivity (Wildman–Crippen MR) is 89.4 cm³/mol. The minimum absolute atomic E-state index is 0.139. The van der Waals surface area contributed by atoms with Crippen LogP contribution in [0.15, 0.2) is 57.9 Å². The van der Waals surface area contributed by atoms with Gasteiger partial charge in [0.2, 0.25) is 0 Å². The highest BCUT2D eigenvalue weighted by Gasteiger charge is 2.17. The van der Waals surface area contributed by atoms with Crippen LogP contribution in [0.25, 0.3) is 0 Å². The molecule has 2 aromatic carbocycles. The molecule has 116 valence electrons. The first-order valence-corrected chi connectivity index (χ1v) is 8.68. The van der Waals surface area contributed by atoms with Crippen molar-refractivity contribution in [1.82, 2.24) is 4.90 Å². The van der Waals surface area contributed by atoms with Gasteiger partial charge >= 0.3 is 0 Å². The summed E-state index contributed by atoms with van der Waals surface area (Å²) in [6.45, 7) is 0. The van der Waals surface area contributed by atoms with E-state index < -0.39 is 10.0 Å². The van der Waals surface area contributed by atoms with E-state index in [-0.39, 0.29) is 10.8 Å². The molecule has 7 heteroatoms. The fourth-order valence-corrected chi connectivity index (χ4v) is 3.87. The molecular formula is C15H15BrN2O3S. The third-order valence-electron chi connectivity index (χ3n) is 2.92. The summed E-state index contributed by atoms with van der Waals surface area (Å²) in [6, 6.07) is 12.9. The van der Waals surface area contributed by atoms with Crippen molar-refractivity contribution in [2.45, 2.75) is 4.90 Å². The van der Waals surface area contributed by atoms with Crippen LogP contribution in [0.4, 0.5) is 5.69 Å². The second-order valence-corrected chi connectivity index (χ2v) is 7.32. The first-order chi connectivity index (χ1) is 10.3. The van der Waals surface area contributed by atoms with Gasteiger partial charge in [0, 0.05) is 29.8 Å². The van der Waals surface area contributed by atoms with Crippen molar-refractivity contribution in [2.24, 2.45) is 0 Å². The Hall–Kier alpha value is -1.86. The molecule has 22 heavy (non-hydrogen) atoms. The van der Waals surface area contributed by atoms with Gasteiger partial charge in [-0.25, -0.2) is 8.42 Å². The van der Waals surface area contributed by atoms with Crippen LogP contribution >= 0.6 is 15.9 Å². The standard InChI is InChI=1S/C15H15BrN2O3S/c1-18(2)15(19)11-7-9-12(10-8-11)17-22(20,21)14-6-4-3-5-13(14)16/h3-10,17H,1-2H3. The highest BCUT2D eigenvalue weighted by atomic mass is 79.9. The van der Waals surface area contributed by atoms with Gasteiger partial charge in [0.25, 0.3) is 15.9 Å². The van der Waals surface area contributed by atoms with Gasteiger partial charge in [-0.15, -0.1) is 0 Å². The molecule has 0 saturated heterocycles. The van der Waals surface area contributed by atoms with Gasteiger partial charge in [-0.1, -0.05) is 12.1 Å². The van der Waals surface area contributed by atoms with Crippen molar-refractivity contribution in [3.8, 4) is 0 Å². The number of anilines is 1. The fourth-order valence-electron chi connectivity index (χ4n) is 1.81. The lowest BCUT2D eigenvalue weighted by Gasteiger charge is -2.12. The molecule has 0 heterocycles. The van der Waals surface area contributed by atoms with Crippen LogP contribution in [0.3, 0.4) is 0 Å². The van der Waals surface area contributed by atoms with Gasteiger partial charge in [-0.2, -0.15) is 0 Å². The lowest BCUT2D eigenvalue weighted by atomic mass is 10.2. The molecular weight excluding hydrogens is 368 g/mol. The van der Waals surface area contributed by atoms with Crippen LogP contribution in [0.2, 0.25) is 0 Å². The first-order valence-electron chi connectivity index (χ1n) is 6.40. The molecule has 0 radical (unpaired) electrons. The highest BCUT2D eigenvalue weighted by Crippen LogP contribution is 2.23. The fraction of sp³-hybridized carbons (Fsp3) is 0.133. The number of carbonyl (C=O) groups excluding carboxylic acids is 1. The quantitative estimate of drug-likeness (QED) is 0.883. The van der Waals surface area contributed by atoms with E-state index in [0.29, 0.717) is 15.7 Å². The van der Waals surface area contributed by atoms with E-state index in [0.717, 1.165) is 0 Å². The van der Waals surface area contributed by atoms with Gasteiger partial charge in [-0.3, -0.25) is 9.52 Å². The summed E-state index contributed by atoms with van der Waals surface area (Å²) in [5.41, 5.74) is 0.889. The second kappa shape index (κ2) is 6.50. The number of sulfonamides is 1. The predicted octanol–water partition coefficient (Wildman–Crippen LogP) is 2.95. The first kappa shape index (κ1) is 16.5. The summed E-state index contributed by atoms with van der Waals surface area (Å²) in [6.07, 6.45) is 0. The Morgan fingerprint density at radius 3 is 2.18 bits per heavy atom. The maximum absolute atomic E-state index is 12.3. The molecule has 0 bridgehead atoms. The van der Waals surface area contributed by atoms with E-state index >= 15 is 0 Å². The van der Waals surface area contributed by atoms with Crippen LogP contribution in [-0.2, 0) is 10.0 Å². The van der Waals surface area contributed by atoms with Crippen LogP contribution in [0.1, 0.15) is 10.4 Å². The number of nitrogens with zero attached hydrogens (tertiary/aromatic N) is 1. The van der Waals surface area contributed by atoms with E-state index in [1.54, 1.807) is 56.6 Å². The van der Waals surface area contributed by atoms with Gasteiger partial charge < -0.3 is 4.90 Å². The molecule has 1 N–H and O–H groups in total. The monoisotopic (exact) mass is 382 g/mol. The van der Waals surface area contributed by atoms with Crippen LogP contribution in [0.5, 0.6) is 0 Å². The van der Waals surface area contributed by atoms with Crippen molar-refractivity contribution in [3.05, 3.63) is 58.6 Å². The van der Waals surface area contributed by atoms with E-state index in [2.05, 4.69) is 20.7 Å². The number of nitrogens with one attached hydrogen (secondary N) is 1. The third kappa shape index (κ3) is 3.66. The number of benzene rings is 2. The van der Waals surface area contributed by atoms with E-state index in [1.807, 2.05) is 0 Å². The SMILES string of the molecule is CN(C)C(=O)c1ccc(NS(=O)(=O)c2ccccc2Br)cc1. The Bertz CT molecular complexity index is 787. The average Bonchev–Trinajstić information content (AvgIpc) is 2.47. The third-order valence-corrected chi connectivity index (χ3v) is 5.31. The Labute approximate surface area is 138 Å². The number of hydrogen-bond acceptors (Lipinski definition) is 3. The smallest absolute Gasteiger partial charge is 0.263 e. The van der Waals surface area contributed by atoms with Gasteiger partial charge in [-0.05, 0) is 52.3 Å². The molecule has 0 unspecified atom stereocenters. The number of amides is 1. The summed E-state index contributed by atoms with van der Waals surface area (Å²) >= 11 is 3.22. The summed E-state index contributed by atoms with van der Waals surface area (Å²) in [5, 5.41) is 0. The van der Waals surface area contributed by atoms with Crippen LogP contribution in [0, 0.1) is 0 Å². The van der Waals surface area contributed by atoms with Crippen LogP contribution < -0.4 is 4.72 Å². The Balaban J connectivity index is 2.24. The number of carbonyl (C=O) groups is 1. The number of rotatable bonds is 4. The van der Waals surface area contributed by atoms with Crippen LogP contribution in [-0.4, -0.2) is 33.3 Å². The van der Waals surface area contributed by atoms with Gasteiger partial charge in [0.1, 0.15) is 4.90 Å². The summed E-state index contributed by atoms with van der Waals surface area (Å²) in [7, 11) is -0.368. The maximum Gasteiger partial charge on any atom is 0.263 e. The Morgan fingerprint density at radius 1 is 1.05 bits per heavy atom. The molecule has 0 saturated carbocycles. The van der Waals surface area contributed by atoms with Crippen molar-refractivity contribution in [2.75, 3.05) is 18.8 Å². The zero-order valence-corrected chi connectivity index (χ0v) is 14.5. The average molecular weight is 383 g/mol. The molecule has 0 aliphatic carbocycles. The zero-order valence-electron chi connectivity index (χ0n) is 12.1. The Morgan fingerprint density at radius 2 is 1.64 bits per heavy atom. The molecule has 2 aromatic rings. The molecule has 0 aromatic heterocycles. The molecule has 2 rings (SSSR count). The van der Waals surface area contributed by atoms with Crippen molar-refractivity contribution < 1.29 is 13.2 Å². The molecule has 0 aliphatic rings. The highest BCUT2D eigenvalue weighted by molar-refractivity contribution is 9.10. The molecule has 0 spiro atoms. The molecule has 5 nitrogen and oxygen atoms in total. The van der Waals surface area contributed by atoms with E-state index in [9.17, 15) is 13.2 Å². The molecule has 0 fully saturated rings. The van der Waals surface area contributed by atoms with Crippen molar-refractivity contribution in [3.63, 3.8) is 0 Å². The molecule has 0 aliphatic heterocycles. The minimum atomic E-state index is -3.69. The summed E-state index contributed by atoms with van der Waals surface area (Å²) in [5.74, 6) is -0.139. The topological polar surface area (TPSA) is 66.5 Å². The van der Waals surface area contributed by atoms with E-state index in [1.165, 1.54) is 11.0 Å². The second-order valence-electron chi connectivity index (χ2n) is 4.81. The lowest BCUT2D eigenvalue weighted by molar-refractivity contribution is 0.0827. The summed E-state index contributed by atoms with van der Waals surface area (Å²) in [4.78, 5) is 13.4. The molecule has 0 atom stereocenters. The largest absolute Gasteiger partial charge is 0.345 e. The number of halogens is 1.